The molecule has 0 saturated heterocycles. The number of anilines is 1. The van der Waals surface area contributed by atoms with Crippen molar-refractivity contribution in [3.8, 4) is 6.01 Å². The van der Waals surface area contributed by atoms with Crippen LogP contribution in [-0.4, -0.2) is 21.9 Å². The number of aryl methyl sites for hydroxylation is 2. The fourth-order valence-electron chi connectivity index (χ4n) is 2.31. The molecule has 0 fully saturated rings. The molecule has 5 heteroatoms. The Hall–Kier alpha value is -2.04. The van der Waals surface area contributed by atoms with E-state index in [1.807, 2.05) is 11.6 Å². The Kier molecular flexibility index (Phi) is 4.61. The summed E-state index contributed by atoms with van der Waals surface area (Å²) in [6.07, 6.45) is 2.02. The Morgan fingerprint density at radius 2 is 1.80 bits per heavy atom. The number of benzene rings is 1. The minimum Gasteiger partial charge on any atom is -0.467 e. The standard InChI is InChI=1S/C15H22N4O/c1-5-11-8-7-9-12(6-2)14(11)16-10-13-17-18-15(20-4)19(13)3/h7-9,16H,5-6,10H2,1-4H3. The van der Waals surface area contributed by atoms with Gasteiger partial charge in [-0.05, 0) is 24.0 Å². The van der Waals surface area contributed by atoms with Crippen LogP contribution < -0.4 is 10.1 Å². The summed E-state index contributed by atoms with van der Waals surface area (Å²) in [6.45, 7) is 4.98. The van der Waals surface area contributed by atoms with Gasteiger partial charge in [-0.15, -0.1) is 5.10 Å². The molecule has 0 aliphatic rings. The second-order valence-corrected chi connectivity index (χ2v) is 4.67. The van der Waals surface area contributed by atoms with E-state index in [-0.39, 0.29) is 0 Å². The zero-order valence-corrected chi connectivity index (χ0v) is 12.6. The second-order valence-electron chi connectivity index (χ2n) is 4.67. The third kappa shape index (κ3) is 2.76. The van der Waals surface area contributed by atoms with Gasteiger partial charge >= 0.3 is 6.01 Å². The summed E-state index contributed by atoms with van der Waals surface area (Å²) in [4.78, 5) is 0. The van der Waals surface area contributed by atoms with Gasteiger partial charge in [-0.2, -0.15) is 0 Å². The summed E-state index contributed by atoms with van der Waals surface area (Å²) in [5.41, 5.74) is 3.89. The van der Waals surface area contributed by atoms with E-state index in [9.17, 15) is 0 Å². The quantitative estimate of drug-likeness (QED) is 0.879. The van der Waals surface area contributed by atoms with Gasteiger partial charge in [0, 0.05) is 12.7 Å². The zero-order chi connectivity index (χ0) is 14.5. The lowest BCUT2D eigenvalue weighted by atomic mass is 10.0. The van der Waals surface area contributed by atoms with Crippen LogP contribution in [0.15, 0.2) is 18.2 Å². The Morgan fingerprint density at radius 1 is 1.15 bits per heavy atom. The SMILES string of the molecule is CCc1cccc(CC)c1NCc1nnc(OC)n1C. The number of hydrogen-bond acceptors (Lipinski definition) is 4. The first-order chi connectivity index (χ1) is 9.71. The predicted octanol–water partition coefficient (Wildman–Crippen LogP) is 2.56. The lowest BCUT2D eigenvalue weighted by Crippen LogP contribution is -2.09. The van der Waals surface area contributed by atoms with Crippen LogP contribution in [-0.2, 0) is 26.4 Å². The monoisotopic (exact) mass is 274 g/mol. The molecule has 1 heterocycles. The highest BCUT2D eigenvalue weighted by molar-refractivity contribution is 5.57. The summed E-state index contributed by atoms with van der Waals surface area (Å²) in [5, 5.41) is 11.6. The molecule has 0 aliphatic carbocycles. The van der Waals surface area contributed by atoms with Gasteiger partial charge in [0.15, 0.2) is 5.82 Å². The number of nitrogens with one attached hydrogen (secondary N) is 1. The van der Waals surface area contributed by atoms with Crippen LogP contribution in [0.1, 0.15) is 30.8 Å². The summed E-state index contributed by atoms with van der Waals surface area (Å²) >= 11 is 0. The lowest BCUT2D eigenvalue weighted by Gasteiger charge is -2.15. The Bertz CT molecular complexity index is 555. The summed E-state index contributed by atoms with van der Waals surface area (Å²) in [7, 11) is 3.51. The number of ether oxygens (including phenoxy) is 1. The minimum atomic E-state index is 0.529. The van der Waals surface area contributed by atoms with Crippen molar-refractivity contribution in [2.24, 2.45) is 7.05 Å². The van der Waals surface area contributed by atoms with Crippen LogP contribution in [0.3, 0.4) is 0 Å². The first-order valence-electron chi connectivity index (χ1n) is 6.98. The van der Waals surface area contributed by atoms with Crippen molar-refractivity contribution in [1.29, 1.82) is 0 Å². The highest BCUT2D eigenvalue weighted by atomic mass is 16.5. The second kappa shape index (κ2) is 6.41. The van der Waals surface area contributed by atoms with E-state index in [1.165, 1.54) is 16.8 Å². The minimum absolute atomic E-state index is 0.529. The molecule has 0 spiro atoms. The molecule has 1 N–H and O–H groups in total. The van der Waals surface area contributed by atoms with E-state index in [1.54, 1.807) is 7.11 Å². The van der Waals surface area contributed by atoms with Crippen LogP contribution in [0, 0.1) is 0 Å². The van der Waals surface area contributed by atoms with Crippen molar-refractivity contribution in [3.63, 3.8) is 0 Å². The Labute approximate surface area is 120 Å². The topological polar surface area (TPSA) is 52.0 Å². The average Bonchev–Trinajstić information content (AvgIpc) is 2.84. The van der Waals surface area contributed by atoms with Gasteiger partial charge in [0.1, 0.15) is 0 Å². The lowest BCUT2D eigenvalue weighted by molar-refractivity contribution is 0.363. The number of rotatable bonds is 6. The molecule has 0 aliphatic heterocycles. The summed E-state index contributed by atoms with van der Waals surface area (Å²) in [6, 6.07) is 6.98. The molecular formula is C15H22N4O. The van der Waals surface area contributed by atoms with Gasteiger partial charge in [-0.25, -0.2) is 0 Å². The maximum Gasteiger partial charge on any atom is 0.316 e. The largest absolute Gasteiger partial charge is 0.467 e. The van der Waals surface area contributed by atoms with E-state index < -0.39 is 0 Å². The van der Waals surface area contributed by atoms with Crippen molar-refractivity contribution >= 4 is 5.69 Å². The van der Waals surface area contributed by atoms with Gasteiger partial charge in [0.2, 0.25) is 0 Å². The molecular weight excluding hydrogens is 252 g/mol. The number of methoxy groups -OCH3 is 1. The van der Waals surface area contributed by atoms with E-state index in [2.05, 4.69) is 47.6 Å². The van der Waals surface area contributed by atoms with Crippen LogP contribution >= 0.6 is 0 Å². The van der Waals surface area contributed by atoms with Crippen LogP contribution in [0.4, 0.5) is 5.69 Å². The maximum absolute atomic E-state index is 5.13. The molecule has 5 nitrogen and oxygen atoms in total. The van der Waals surface area contributed by atoms with Gasteiger partial charge in [0.05, 0.1) is 13.7 Å². The molecule has 0 amide bonds. The number of nitrogens with zero attached hydrogens (tertiary/aromatic N) is 3. The van der Waals surface area contributed by atoms with Gasteiger partial charge in [-0.3, -0.25) is 4.57 Å². The van der Waals surface area contributed by atoms with Crippen LogP contribution in [0.25, 0.3) is 0 Å². The smallest absolute Gasteiger partial charge is 0.316 e. The molecule has 0 unspecified atom stereocenters. The number of hydrogen-bond donors (Lipinski definition) is 1. The third-order valence-electron chi connectivity index (χ3n) is 3.53. The van der Waals surface area contributed by atoms with E-state index in [0.717, 1.165) is 18.7 Å². The third-order valence-corrected chi connectivity index (χ3v) is 3.53. The first-order valence-corrected chi connectivity index (χ1v) is 6.98. The fourth-order valence-corrected chi connectivity index (χ4v) is 2.31. The van der Waals surface area contributed by atoms with Crippen molar-refractivity contribution in [3.05, 3.63) is 35.2 Å². The van der Waals surface area contributed by atoms with Gasteiger partial charge in [-0.1, -0.05) is 37.1 Å². The highest BCUT2D eigenvalue weighted by Crippen LogP contribution is 2.23. The van der Waals surface area contributed by atoms with Crippen molar-refractivity contribution in [2.45, 2.75) is 33.2 Å². The molecule has 108 valence electrons. The number of aromatic nitrogens is 3. The van der Waals surface area contributed by atoms with Crippen LogP contribution in [0.5, 0.6) is 6.01 Å². The van der Waals surface area contributed by atoms with Crippen molar-refractivity contribution in [2.75, 3.05) is 12.4 Å². The Morgan fingerprint density at radius 3 is 2.30 bits per heavy atom. The molecule has 0 radical (unpaired) electrons. The van der Waals surface area contributed by atoms with Crippen molar-refractivity contribution < 1.29 is 4.74 Å². The normalized spacial score (nSPS) is 10.6. The molecule has 1 aromatic heterocycles. The van der Waals surface area contributed by atoms with Crippen molar-refractivity contribution in [1.82, 2.24) is 14.8 Å². The molecule has 2 aromatic rings. The first kappa shape index (κ1) is 14.4. The molecule has 2 rings (SSSR count). The molecule has 0 saturated carbocycles. The number of para-hydroxylation sites is 1. The Balaban J connectivity index is 2.20. The maximum atomic E-state index is 5.13. The summed E-state index contributed by atoms with van der Waals surface area (Å²) < 4.78 is 6.98. The molecule has 0 atom stereocenters. The average molecular weight is 274 g/mol. The van der Waals surface area contributed by atoms with E-state index in [0.29, 0.717) is 12.6 Å². The predicted molar refractivity (Wildman–Crippen MR) is 80.1 cm³/mol. The molecule has 0 bridgehead atoms. The van der Waals surface area contributed by atoms with Gasteiger partial charge < -0.3 is 10.1 Å². The van der Waals surface area contributed by atoms with Gasteiger partial charge in [0.25, 0.3) is 0 Å². The molecule has 1 aromatic carbocycles. The highest BCUT2D eigenvalue weighted by Gasteiger charge is 2.10. The van der Waals surface area contributed by atoms with E-state index in [4.69, 9.17) is 4.74 Å². The zero-order valence-electron chi connectivity index (χ0n) is 12.6. The van der Waals surface area contributed by atoms with E-state index >= 15 is 0 Å². The fraction of sp³-hybridized carbons (Fsp3) is 0.467. The van der Waals surface area contributed by atoms with Crippen LogP contribution in [0.2, 0.25) is 0 Å². The molecule has 20 heavy (non-hydrogen) atoms. The summed E-state index contributed by atoms with van der Waals surface area (Å²) in [5.74, 6) is 0.856.